The summed E-state index contributed by atoms with van der Waals surface area (Å²) < 4.78 is 48.2. The number of carbonyl (C=O) groups is 6. The number of methoxy groups -OCH3 is 1. The summed E-state index contributed by atoms with van der Waals surface area (Å²) in [6, 6.07) is -1.04. The number of hydrogen-bond acceptors (Lipinski definition) is 26. The van der Waals surface area contributed by atoms with Gasteiger partial charge >= 0.3 is 10.4 Å². The number of rotatable bonds is 25. The van der Waals surface area contributed by atoms with Crippen molar-refractivity contribution in [3.05, 3.63) is 53.6 Å². The van der Waals surface area contributed by atoms with E-state index < -0.39 is 188 Å². The van der Waals surface area contributed by atoms with Gasteiger partial charge in [0.2, 0.25) is 35.4 Å². The number of phenols is 1. The van der Waals surface area contributed by atoms with Crippen molar-refractivity contribution in [3.8, 4) is 17.2 Å². The number of thioether (sulfide) groups is 1. The van der Waals surface area contributed by atoms with Crippen molar-refractivity contribution in [2.75, 3.05) is 72.8 Å². The van der Waals surface area contributed by atoms with Crippen LogP contribution in [0.1, 0.15) is 96.1 Å². The highest BCUT2D eigenvalue weighted by Gasteiger charge is 2.50. The molecule has 2 aromatic carbocycles. The fourth-order valence-corrected chi connectivity index (χ4v) is 14.4. The summed E-state index contributed by atoms with van der Waals surface area (Å²) in [5.74, 6) is -8.36. The first-order valence-electron chi connectivity index (χ1n) is 32.6. The van der Waals surface area contributed by atoms with E-state index in [1.807, 2.05) is 29.3 Å². The highest BCUT2D eigenvalue weighted by atomic mass is 32.3. The van der Waals surface area contributed by atoms with Gasteiger partial charge in [0.25, 0.3) is 0 Å². The number of ether oxygens (including phenoxy) is 2. The Balaban J connectivity index is 1.03. The predicted molar refractivity (Wildman–Crippen MR) is 346 cm³/mol. The van der Waals surface area contributed by atoms with Crippen molar-refractivity contribution in [3.63, 3.8) is 0 Å². The Kier molecular flexibility index (Phi) is 27.0. The topological polar surface area (TPSA) is 464 Å². The number of amides is 6. The molecular formula is C62H93N11O21S2. The summed E-state index contributed by atoms with van der Waals surface area (Å²) in [5.41, 5.74) is 0.853. The fraction of sp³-hybridized carbons (Fsp3) is 0.677. The molecule has 0 bridgehead atoms. The second-order valence-electron chi connectivity index (χ2n) is 25.7. The molecule has 32 nitrogen and oxygen atoms in total. The molecule has 4 fully saturated rings. The normalized spacial score (nSPS) is 29.3. The maximum absolute atomic E-state index is 15.1. The molecule has 0 aromatic heterocycles. The van der Waals surface area contributed by atoms with Crippen LogP contribution in [0, 0.1) is 17.8 Å². The zero-order valence-electron chi connectivity index (χ0n) is 54.2. The Bertz CT molecular complexity index is 3180. The van der Waals surface area contributed by atoms with E-state index >= 15 is 4.79 Å². The number of aliphatic imine (C=N–C) groups is 1. The van der Waals surface area contributed by atoms with Gasteiger partial charge in [-0.05, 0) is 137 Å². The average molecular weight is 1390 g/mol. The number of amidine groups is 1. The number of nitrogens with one attached hydrogen (secondary N) is 5. The number of aliphatic hydroxyl groups excluding tert-OH is 8. The summed E-state index contributed by atoms with van der Waals surface area (Å²) in [6.07, 6.45) is -5.16. The summed E-state index contributed by atoms with van der Waals surface area (Å²) >= 11 is 1.50. The van der Waals surface area contributed by atoms with E-state index in [0.717, 1.165) is 94.7 Å². The number of hydrazone groups is 1. The van der Waals surface area contributed by atoms with Gasteiger partial charge < -0.3 is 96.0 Å². The molecule has 0 radical (unpaired) electrons. The lowest BCUT2D eigenvalue weighted by molar-refractivity contribution is -0.147. The molecule has 1 aliphatic carbocycles. The van der Waals surface area contributed by atoms with Crippen molar-refractivity contribution in [2.45, 2.75) is 176 Å². The van der Waals surface area contributed by atoms with Crippen molar-refractivity contribution in [1.82, 2.24) is 46.3 Å². The third-order valence-corrected chi connectivity index (χ3v) is 20.0. The maximum Gasteiger partial charge on any atom is 0.446 e. The Morgan fingerprint density at radius 2 is 1.45 bits per heavy atom. The molecule has 6 aliphatic rings. The molecule has 96 heavy (non-hydrogen) atoms. The zero-order valence-corrected chi connectivity index (χ0v) is 55.8. The molecule has 2 aromatic rings. The van der Waals surface area contributed by atoms with Gasteiger partial charge in [0.15, 0.2) is 16.7 Å². The number of β-amino-alcohol motifs (C(OH)–C–C–N with tert-alkyl or cyclic N) is 1. The van der Waals surface area contributed by atoms with Gasteiger partial charge in [0.05, 0.1) is 81.6 Å². The van der Waals surface area contributed by atoms with Crippen molar-refractivity contribution in [1.29, 1.82) is 0 Å². The van der Waals surface area contributed by atoms with E-state index in [2.05, 4.69) is 30.8 Å². The maximum atomic E-state index is 15.1. The van der Waals surface area contributed by atoms with Crippen molar-refractivity contribution < 1.29 is 101 Å². The highest BCUT2D eigenvalue weighted by molar-refractivity contribution is 8.27. The van der Waals surface area contributed by atoms with E-state index in [0.29, 0.717) is 26.0 Å². The highest BCUT2D eigenvalue weighted by Crippen LogP contribution is 2.39. The van der Waals surface area contributed by atoms with Crippen LogP contribution in [0.15, 0.2) is 52.6 Å². The van der Waals surface area contributed by atoms with Crippen LogP contribution in [0.5, 0.6) is 17.2 Å². The Morgan fingerprint density at radius 3 is 2.10 bits per heavy atom. The van der Waals surface area contributed by atoms with Gasteiger partial charge in [-0.3, -0.25) is 43.2 Å². The molecule has 0 spiro atoms. The van der Waals surface area contributed by atoms with E-state index in [9.17, 15) is 82.9 Å². The number of benzene rings is 2. The number of fused-ring (bicyclic) bond motifs is 3. The molecule has 1 saturated carbocycles. The van der Waals surface area contributed by atoms with Crippen LogP contribution in [0.4, 0.5) is 0 Å². The lowest BCUT2D eigenvalue weighted by Crippen LogP contribution is -2.64. The first kappa shape index (κ1) is 75.4. The van der Waals surface area contributed by atoms with Crippen LogP contribution in [-0.4, -0.2) is 282 Å². The molecule has 6 amide bonds. The Morgan fingerprint density at radius 1 is 0.781 bits per heavy atom. The second kappa shape index (κ2) is 34.4. The standard InChI is InChI=1S/C62H93N11O21S2/c1-33-27-72-53(54(33)82)58(86)64-26-49(81)70(28-36-9-12-38(13-10-36)43-30-73-62(65-43)95-59(69-73)39-14-16-42(17-15-39)93-22-8-6-5-7-21-92-4)34(2)55(83)66-50(35(3)76)60(87)71-29-41(77)25-44(71)56(84)67-51(47(80)23-37-11-18-45(78)48(24-37)94-96(89,90)91)57(85)68-52(61(72)88)46(79)19-20-63-40(31-74)32-75/h11,14-18,24,33-36,38,40-41,43-44,46-47,49-54,63,74-82H,5-10,12-13,19-23,25-32H2,1-4H3,(H,64,86)(H,66,83)(H,67,84)(H,68,85)(H,89,90,91)/t33-,34-,35+,36-,38-,41+,43?,44-,46+,47+,49-,50?,51-,52-,53-,54-/m0/s1. The summed E-state index contributed by atoms with van der Waals surface area (Å²) in [4.78, 5) is 96.8. The Labute approximate surface area is 561 Å². The number of carbonyl (C=O) groups excluding carboxylic acids is 6. The van der Waals surface area contributed by atoms with E-state index in [1.54, 1.807) is 7.11 Å². The predicted octanol–water partition coefficient (Wildman–Crippen LogP) is -3.14. The number of unbranched alkanes of at least 4 members (excludes halogenated alkanes) is 3. The van der Waals surface area contributed by atoms with Crippen LogP contribution >= 0.6 is 11.8 Å². The molecule has 5 aliphatic heterocycles. The molecule has 34 heteroatoms. The molecule has 2 unspecified atom stereocenters. The Hall–Kier alpha value is -6.38. The molecule has 14 atom stereocenters. The summed E-state index contributed by atoms with van der Waals surface area (Å²) in [5, 5.41) is 121. The minimum atomic E-state index is -5.22. The van der Waals surface area contributed by atoms with Gasteiger partial charge in [0, 0.05) is 57.7 Å². The van der Waals surface area contributed by atoms with Crippen LogP contribution in [-0.2, 0) is 50.3 Å². The van der Waals surface area contributed by atoms with Crippen molar-refractivity contribution in [2.24, 2.45) is 27.8 Å². The minimum absolute atomic E-state index is 0.0520. The van der Waals surface area contributed by atoms with Crippen LogP contribution in [0.2, 0.25) is 0 Å². The third kappa shape index (κ3) is 19.5. The smallest absolute Gasteiger partial charge is 0.446 e. The molecule has 5 heterocycles. The van der Waals surface area contributed by atoms with Gasteiger partial charge in [-0.15, -0.1) is 0 Å². The molecule has 15 N–H and O–H groups in total. The third-order valence-electron chi connectivity index (χ3n) is 18.6. The van der Waals surface area contributed by atoms with E-state index in [1.165, 1.54) is 37.4 Å². The van der Waals surface area contributed by atoms with Crippen LogP contribution in [0.3, 0.4) is 0 Å². The number of phenolic OH excluding ortho intramolecular Hbond substituents is 1. The average Bonchev–Trinajstić information content (AvgIpc) is 1.72. The number of aromatic hydroxyl groups is 1. The minimum Gasteiger partial charge on any atom is -0.504 e. The van der Waals surface area contributed by atoms with Gasteiger partial charge in [-0.2, -0.15) is 13.5 Å². The monoisotopic (exact) mass is 1390 g/mol. The zero-order chi connectivity index (χ0) is 69.7. The molecule has 8 rings (SSSR count). The quantitative estimate of drug-likeness (QED) is 0.0345. The summed E-state index contributed by atoms with van der Waals surface area (Å²) in [6.45, 7) is 3.38. The number of hydrogen-bond donors (Lipinski definition) is 15. The lowest BCUT2D eigenvalue weighted by Gasteiger charge is -2.39. The number of aliphatic hydroxyl groups is 8. The molecular weight excluding hydrogens is 1300 g/mol. The summed E-state index contributed by atoms with van der Waals surface area (Å²) in [7, 11) is -3.52. The van der Waals surface area contributed by atoms with Gasteiger partial charge in [0.1, 0.15) is 47.2 Å². The van der Waals surface area contributed by atoms with Crippen molar-refractivity contribution >= 4 is 67.8 Å². The number of nitrogens with zero attached hydrogens (tertiary/aromatic N) is 6. The first-order valence-corrected chi connectivity index (χ1v) is 34.8. The van der Waals surface area contributed by atoms with E-state index in [-0.39, 0.29) is 43.1 Å². The van der Waals surface area contributed by atoms with Crippen LogP contribution < -0.4 is 35.5 Å². The van der Waals surface area contributed by atoms with Crippen LogP contribution in [0.25, 0.3) is 0 Å². The van der Waals surface area contributed by atoms with Gasteiger partial charge in [-0.1, -0.05) is 19.4 Å². The fourth-order valence-electron chi connectivity index (χ4n) is 13.0. The van der Waals surface area contributed by atoms with Gasteiger partial charge in [-0.25, -0.2) is 5.01 Å². The molecule has 534 valence electrons. The van der Waals surface area contributed by atoms with E-state index in [4.69, 9.17) is 19.6 Å². The largest absolute Gasteiger partial charge is 0.504 e. The second-order valence-corrected chi connectivity index (χ2v) is 27.7. The molecule has 3 saturated heterocycles. The SMILES string of the molecule is COCCCCCCOc1ccc(C2=NN3CC([C@H]4CC[C@H](CN5[C@@H](O)CNC(=O)[C@@H]6[C@@H](O)[C@@H](C)CN6C(=O)[C@H]([C@H](O)CCNC(CO)CO)NC(=O)[C@H]([C@H](O)Cc6ccc(O)c(OS(=O)(=O)O)c6)NC(=O)[C@@H]6C[C@@H](O)CN6C(=O)C([C@@H](C)O)NC(=O)[C@@H]5C)CC4)N=C3S2)cc1. The first-order chi connectivity index (χ1) is 45.7. The lowest BCUT2D eigenvalue weighted by atomic mass is 9.78.